The molecule has 0 aliphatic heterocycles. The van der Waals surface area contributed by atoms with E-state index >= 15 is 0 Å². The van der Waals surface area contributed by atoms with E-state index in [-0.39, 0.29) is 0 Å². The van der Waals surface area contributed by atoms with E-state index in [1.54, 1.807) is 0 Å². The zero-order valence-electron chi connectivity index (χ0n) is 14.8. The summed E-state index contributed by atoms with van der Waals surface area (Å²) in [5.41, 5.74) is 1.32. The summed E-state index contributed by atoms with van der Waals surface area (Å²) in [5.74, 6) is 0. The molecule has 0 amide bonds. The Morgan fingerprint density at radius 1 is 0.550 bits per heavy atom. The summed E-state index contributed by atoms with van der Waals surface area (Å²) in [5, 5.41) is 0. The third-order valence-corrected chi connectivity index (χ3v) is 3.10. The van der Waals surface area contributed by atoms with Crippen molar-refractivity contribution in [3.8, 4) is 0 Å². The van der Waals surface area contributed by atoms with Crippen LogP contribution in [-0.4, -0.2) is 0 Å². The Morgan fingerprint density at radius 3 is 1.15 bits per heavy atom. The predicted octanol–water partition coefficient (Wildman–Crippen LogP) is 7.56. The van der Waals surface area contributed by atoms with Crippen molar-refractivity contribution in [3.05, 3.63) is 35.9 Å². The molecule has 0 saturated carbocycles. The smallest absolute Gasteiger partial charge is 0.0398 e. The first-order valence-corrected chi connectivity index (χ1v) is 8.74. The standard InChI is InChI=1S/C7H8.C7H16.C6H14/c1-7-5-3-2-4-6-7;1-3-5-7-6-4-2;1-3-5-6-4-2/h2-6H,1H3;3-7H2,1-2H3;3-6H2,1-2H3. The fourth-order valence-corrected chi connectivity index (χ4v) is 1.71. The lowest BCUT2D eigenvalue weighted by atomic mass is 10.2. The van der Waals surface area contributed by atoms with Crippen molar-refractivity contribution in [2.75, 3.05) is 0 Å². The molecule has 20 heavy (non-hydrogen) atoms. The summed E-state index contributed by atoms with van der Waals surface area (Å²) >= 11 is 0. The first-order valence-electron chi connectivity index (χ1n) is 8.74. The van der Waals surface area contributed by atoms with Gasteiger partial charge in [-0.15, -0.1) is 0 Å². The summed E-state index contributed by atoms with van der Waals surface area (Å²) in [4.78, 5) is 0. The Hall–Kier alpha value is -0.780. The van der Waals surface area contributed by atoms with Crippen LogP contribution >= 0.6 is 0 Å². The van der Waals surface area contributed by atoms with Crippen LogP contribution in [0.15, 0.2) is 30.3 Å². The third-order valence-electron chi connectivity index (χ3n) is 3.10. The number of benzene rings is 1. The van der Waals surface area contributed by atoms with Crippen LogP contribution in [0.2, 0.25) is 0 Å². The quantitative estimate of drug-likeness (QED) is 0.451. The Morgan fingerprint density at radius 2 is 0.900 bits per heavy atom. The van der Waals surface area contributed by atoms with Crippen molar-refractivity contribution < 1.29 is 0 Å². The van der Waals surface area contributed by atoms with Crippen molar-refractivity contribution in [1.29, 1.82) is 0 Å². The highest BCUT2D eigenvalue weighted by molar-refractivity contribution is 5.11. The average molecular weight is 279 g/mol. The zero-order valence-corrected chi connectivity index (χ0v) is 14.8. The molecule has 0 N–H and O–H groups in total. The monoisotopic (exact) mass is 278 g/mol. The highest BCUT2D eigenvalue weighted by atomic mass is 13.9. The van der Waals surface area contributed by atoms with Gasteiger partial charge < -0.3 is 0 Å². The first kappa shape index (κ1) is 21.5. The summed E-state index contributed by atoms with van der Waals surface area (Å²) in [6.07, 6.45) is 12.5. The Labute approximate surface area is 129 Å². The van der Waals surface area contributed by atoms with Crippen LogP contribution in [0.5, 0.6) is 0 Å². The maximum Gasteiger partial charge on any atom is -0.0398 e. The number of hydrogen-bond donors (Lipinski definition) is 0. The van der Waals surface area contributed by atoms with Crippen molar-refractivity contribution in [3.63, 3.8) is 0 Å². The lowest BCUT2D eigenvalue weighted by molar-refractivity contribution is 0.656. The molecule has 0 atom stereocenters. The van der Waals surface area contributed by atoms with Crippen molar-refractivity contribution in [2.45, 2.75) is 92.4 Å². The van der Waals surface area contributed by atoms with E-state index < -0.39 is 0 Å². The lowest BCUT2D eigenvalue weighted by Gasteiger charge is -1.90. The van der Waals surface area contributed by atoms with Gasteiger partial charge in [-0.05, 0) is 6.92 Å². The van der Waals surface area contributed by atoms with Crippen LogP contribution in [0.1, 0.15) is 91.0 Å². The van der Waals surface area contributed by atoms with Crippen LogP contribution in [0.4, 0.5) is 0 Å². The summed E-state index contributed by atoms with van der Waals surface area (Å²) in [6, 6.07) is 10.3. The molecule has 0 unspecified atom stereocenters. The van der Waals surface area contributed by atoms with Crippen molar-refractivity contribution in [1.82, 2.24) is 0 Å². The first-order chi connectivity index (χ1) is 9.72. The van der Waals surface area contributed by atoms with Crippen molar-refractivity contribution >= 4 is 0 Å². The van der Waals surface area contributed by atoms with Gasteiger partial charge in [0, 0.05) is 0 Å². The summed E-state index contributed by atoms with van der Waals surface area (Å²) in [6.45, 7) is 11.0. The van der Waals surface area contributed by atoms with Gasteiger partial charge in [-0.3, -0.25) is 0 Å². The molecule has 1 aromatic rings. The van der Waals surface area contributed by atoms with Gasteiger partial charge in [0.25, 0.3) is 0 Å². The van der Waals surface area contributed by atoms with Crippen LogP contribution in [0.3, 0.4) is 0 Å². The molecule has 1 rings (SSSR count). The second-order valence-corrected chi connectivity index (χ2v) is 5.42. The number of hydrogen-bond acceptors (Lipinski definition) is 0. The molecule has 0 bridgehead atoms. The molecule has 0 radical (unpaired) electrons. The highest BCUT2D eigenvalue weighted by Gasteiger charge is 1.80. The Balaban J connectivity index is 0. The fraction of sp³-hybridized carbons (Fsp3) is 0.700. The maximum atomic E-state index is 2.25. The fourth-order valence-electron chi connectivity index (χ4n) is 1.71. The van der Waals surface area contributed by atoms with Gasteiger partial charge in [0.05, 0.1) is 0 Å². The molecule has 0 heterocycles. The minimum absolute atomic E-state index is 1.32. The minimum atomic E-state index is 1.32. The van der Waals surface area contributed by atoms with Gasteiger partial charge in [-0.25, -0.2) is 0 Å². The Kier molecular flexibility index (Phi) is 22.1. The topological polar surface area (TPSA) is 0 Å². The van der Waals surface area contributed by atoms with E-state index in [0.717, 1.165) is 0 Å². The molecule has 0 fully saturated rings. The number of rotatable bonds is 7. The van der Waals surface area contributed by atoms with Gasteiger partial charge in [0.1, 0.15) is 0 Å². The van der Waals surface area contributed by atoms with E-state index in [1.807, 2.05) is 18.2 Å². The van der Waals surface area contributed by atoms with E-state index in [1.165, 1.54) is 63.4 Å². The molecule has 0 spiro atoms. The molecule has 0 saturated heterocycles. The molecule has 0 nitrogen and oxygen atoms in total. The van der Waals surface area contributed by atoms with Gasteiger partial charge >= 0.3 is 0 Å². The van der Waals surface area contributed by atoms with E-state index in [4.69, 9.17) is 0 Å². The Bertz CT molecular complexity index is 229. The van der Waals surface area contributed by atoms with E-state index in [2.05, 4.69) is 46.8 Å². The minimum Gasteiger partial charge on any atom is -0.0654 e. The van der Waals surface area contributed by atoms with Crippen LogP contribution in [-0.2, 0) is 0 Å². The van der Waals surface area contributed by atoms with Crippen LogP contribution < -0.4 is 0 Å². The molecule has 0 aliphatic carbocycles. The van der Waals surface area contributed by atoms with E-state index in [0.29, 0.717) is 0 Å². The molecule has 0 aliphatic rings. The molecule has 118 valence electrons. The predicted molar refractivity (Wildman–Crippen MR) is 95.4 cm³/mol. The van der Waals surface area contributed by atoms with Gasteiger partial charge in [0.2, 0.25) is 0 Å². The second kappa shape index (κ2) is 20.5. The lowest BCUT2D eigenvalue weighted by Crippen LogP contribution is -1.70. The molecular formula is C20H38. The van der Waals surface area contributed by atoms with Crippen LogP contribution in [0, 0.1) is 6.92 Å². The van der Waals surface area contributed by atoms with E-state index in [9.17, 15) is 0 Å². The third kappa shape index (κ3) is 22.4. The molecule has 1 aromatic carbocycles. The average Bonchev–Trinajstić information content (AvgIpc) is 2.48. The second-order valence-electron chi connectivity index (χ2n) is 5.42. The maximum absolute atomic E-state index is 2.25. The van der Waals surface area contributed by atoms with Gasteiger partial charge in [-0.2, -0.15) is 0 Å². The normalized spacial score (nSPS) is 9.05. The molecule has 0 aromatic heterocycles. The van der Waals surface area contributed by atoms with Gasteiger partial charge in [0.15, 0.2) is 0 Å². The number of aryl methyl sites for hydroxylation is 1. The molecular weight excluding hydrogens is 240 g/mol. The van der Waals surface area contributed by atoms with Gasteiger partial charge in [-0.1, -0.05) is 121 Å². The van der Waals surface area contributed by atoms with Crippen molar-refractivity contribution in [2.24, 2.45) is 0 Å². The van der Waals surface area contributed by atoms with Crippen LogP contribution in [0.25, 0.3) is 0 Å². The zero-order chi connectivity index (χ0) is 15.5. The largest absolute Gasteiger partial charge is 0.0654 e. The highest BCUT2D eigenvalue weighted by Crippen LogP contribution is 2.00. The number of unbranched alkanes of at least 4 members (excludes halogenated alkanes) is 7. The molecule has 0 heteroatoms. The summed E-state index contributed by atoms with van der Waals surface area (Å²) < 4.78 is 0. The SMILES string of the molecule is CCCCCC.CCCCCCC.Cc1ccccc1. The summed E-state index contributed by atoms with van der Waals surface area (Å²) in [7, 11) is 0.